The van der Waals surface area contributed by atoms with Crippen molar-refractivity contribution in [3.8, 4) is 0 Å². The minimum atomic E-state index is -0.351. The fourth-order valence-corrected chi connectivity index (χ4v) is 7.06. The molecule has 3 heterocycles. The van der Waals surface area contributed by atoms with Crippen LogP contribution < -0.4 is 15.5 Å². The molecule has 5 rings (SSSR count). The minimum absolute atomic E-state index is 0.0560. The van der Waals surface area contributed by atoms with E-state index in [2.05, 4.69) is 10.6 Å². The maximum absolute atomic E-state index is 14.2. The maximum atomic E-state index is 14.2. The number of hydrogen-bond acceptors (Lipinski definition) is 5. The summed E-state index contributed by atoms with van der Waals surface area (Å²) in [6.45, 7) is 5.54. The van der Waals surface area contributed by atoms with Gasteiger partial charge in [0.1, 0.15) is 0 Å². The molecule has 5 amide bonds. The van der Waals surface area contributed by atoms with Crippen LogP contribution in [0, 0.1) is 11.8 Å². The van der Waals surface area contributed by atoms with Crippen molar-refractivity contribution in [1.82, 2.24) is 20.4 Å². The Kier molecular flexibility index (Phi) is 7.65. The Hall–Kier alpha value is -2.36. The molecule has 4 aliphatic rings. The Balaban J connectivity index is 1.46. The lowest BCUT2D eigenvalue weighted by atomic mass is 9.69. The van der Waals surface area contributed by atoms with Crippen LogP contribution in [-0.2, 0) is 9.53 Å². The highest BCUT2D eigenvalue weighted by molar-refractivity contribution is 6.31. The number of carbonyl (C=O) groups is 3. The quantitative estimate of drug-likeness (QED) is 0.620. The third-order valence-corrected chi connectivity index (χ3v) is 8.74. The minimum Gasteiger partial charge on any atom is -0.380 e. The van der Waals surface area contributed by atoms with Gasteiger partial charge in [0.25, 0.3) is 0 Å². The third-order valence-electron chi connectivity index (χ3n) is 8.51. The van der Waals surface area contributed by atoms with Crippen molar-refractivity contribution >= 4 is 35.3 Å². The summed E-state index contributed by atoms with van der Waals surface area (Å²) in [7, 11) is 1.74. The highest BCUT2D eigenvalue weighted by Crippen LogP contribution is 2.43. The highest BCUT2D eigenvalue weighted by Gasteiger charge is 2.57. The molecule has 4 fully saturated rings. The van der Waals surface area contributed by atoms with E-state index in [0.29, 0.717) is 43.2 Å². The number of carbonyl (C=O) groups excluding carboxylic acids is 3. The fourth-order valence-electron chi connectivity index (χ4n) is 6.88. The normalized spacial score (nSPS) is 30.8. The molecule has 3 saturated heterocycles. The number of hydrogen-bond donors (Lipinski definition) is 2. The molecule has 202 valence electrons. The third kappa shape index (κ3) is 4.93. The molecule has 1 saturated carbocycles. The summed E-state index contributed by atoms with van der Waals surface area (Å²) < 4.78 is 5.82. The Morgan fingerprint density at radius 1 is 1.16 bits per heavy atom. The number of amides is 5. The Morgan fingerprint density at radius 2 is 1.92 bits per heavy atom. The van der Waals surface area contributed by atoms with Crippen LogP contribution in [0.4, 0.5) is 15.3 Å². The second-order valence-corrected chi connectivity index (χ2v) is 11.5. The number of anilines is 1. The van der Waals surface area contributed by atoms with E-state index in [0.717, 1.165) is 19.3 Å². The van der Waals surface area contributed by atoms with E-state index in [9.17, 15) is 14.4 Å². The molecular formula is C27H38ClN5O4. The summed E-state index contributed by atoms with van der Waals surface area (Å²) in [5, 5.41) is 7.06. The standard InChI is InChI=1S/C27H38ClN5O4/c1-16(2)30-26(35)31-12-10-18(11-13-31)32-24-20-8-5-9-22(37-3)23(20)29-15-21(24)25(34)33(27(32)36)19-7-4-6-17(28)14-19/h4,6-7,14,16,18,20-24,29H,5,8-13,15H2,1-3H3,(H,30,35). The average molecular weight is 532 g/mol. The van der Waals surface area contributed by atoms with E-state index < -0.39 is 0 Å². The van der Waals surface area contributed by atoms with E-state index in [1.165, 1.54) is 4.90 Å². The van der Waals surface area contributed by atoms with Gasteiger partial charge in [-0.2, -0.15) is 0 Å². The van der Waals surface area contributed by atoms with Crippen LogP contribution in [-0.4, -0.2) is 84.8 Å². The van der Waals surface area contributed by atoms with Crippen molar-refractivity contribution in [2.24, 2.45) is 11.8 Å². The van der Waals surface area contributed by atoms with Crippen molar-refractivity contribution < 1.29 is 19.1 Å². The van der Waals surface area contributed by atoms with Crippen molar-refractivity contribution in [3.63, 3.8) is 0 Å². The number of imide groups is 1. The number of nitrogens with zero attached hydrogens (tertiary/aromatic N) is 3. The van der Waals surface area contributed by atoms with Crippen LogP contribution in [0.3, 0.4) is 0 Å². The van der Waals surface area contributed by atoms with Gasteiger partial charge < -0.3 is 25.2 Å². The van der Waals surface area contributed by atoms with Crippen LogP contribution in [0.15, 0.2) is 24.3 Å². The number of urea groups is 2. The first-order valence-electron chi connectivity index (χ1n) is 13.5. The molecule has 5 atom stereocenters. The van der Waals surface area contributed by atoms with Gasteiger partial charge in [0, 0.05) is 49.9 Å². The van der Waals surface area contributed by atoms with Gasteiger partial charge in [0.2, 0.25) is 5.91 Å². The summed E-state index contributed by atoms with van der Waals surface area (Å²) in [6.07, 6.45) is 4.35. The number of fused-ring (bicyclic) bond motifs is 3. The zero-order chi connectivity index (χ0) is 26.3. The van der Waals surface area contributed by atoms with E-state index in [1.54, 1.807) is 31.4 Å². The summed E-state index contributed by atoms with van der Waals surface area (Å²) in [5.41, 5.74) is 0.500. The predicted molar refractivity (Wildman–Crippen MR) is 142 cm³/mol. The van der Waals surface area contributed by atoms with E-state index >= 15 is 0 Å². The van der Waals surface area contributed by atoms with E-state index in [-0.39, 0.29) is 60.1 Å². The van der Waals surface area contributed by atoms with Crippen LogP contribution in [0.1, 0.15) is 46.0 Å². The van der Waals surface area contributed by atoms with Gasteiger partial charge >= 0.3 is 12.1 Å². The fraction of sp³-hybridized carbons (Fsp3) is 0.667. The van der Waals surface area contributed by atoms with Crippen LogP contribution in [0.5, 0.6) is 0 Å². The molecule has 2 N–H and O–H groups in total. The predicted octanol–water partition coefficient (Wildman–Crippen LogP) is 3.46. The molecule has 1 aromatic carbocycles. The number of nitrogens with one attached hydrogen (secondary N) is 2. The zero-order valence-electron chi connectivity index (χ0n) is 21.9. The molecular weight excluding hydrogens is 494 g/mol. The Morgan fingerprint density at radius 3 is 2.59 bits per heavy atom. The molecule has 9 nitrogen and oxygen atoms in total. The maximum Gasteiger partial charge on any atom is 0.331 e. The van der Waals surface area contributed by atoms with Crippen LogP contribution in [0.25, 0.3) is 0 Å². The monoisotopic (exact) mass is 531 g/mol. The smallest absolute Gasteiger partial charge is 0.331 e. The van der Waals surface area contributed by atoms with Crippen LogP contribution >= 0.6 is 11.6 Å². The van der Waals surface area contributed by atoms with E-state index in [1.807, 2.05) is 23.6 Å². The molecule has 1 aliphatic carbocycles. The van der Waals surface area contributed by atoms with Gasteiger partial charge in [0.05, 0.1) is 23.8 Å². The van der Waals surface area contributed by atoms with Crippen molar-refractivity contribution in [1.29, 1.82) is 0 Å². The molecule has 0 aromatic heterocycles. The molecule has 10 heteroatoms. The molecule has 37 heavy (non-hydrogen) atoms. The number of ether oxygens (including phenoxy) is 1. The average Bonchev–Trinajstić information content (AvgIpc) is 2.88. The number of piperidine rings is 2. The van der Waals surface area contributed by atoms with Gasteiger partial charge in [-0.05, 0) is 63.6 Å². The SMILES string of the molecule is COC1CCCC2C1NCC1C(=O)N(c3cccc(Cl)c3)C(=O)N(C3CCN(C(=O)NC(C)C)CC3)C12. The topological polar surface area (TPSA) is 94.2 Å². The first kappa shape index (κ1) is 26.3. The van der Waals surface area contributed by atoms with Gasteiger partial charge in [-0.1, -0.05) is 24.1 Å². The first-order chi connectivity index (χ1) is 17.8. The van der Waals surface area contributed by atoms with Gasteiger partial charge in [0.15, 0.2) is 0 Å². The molecule has 3 aliphatic heterocycles. The number of likely N-dealkylation sites (tertiary alicyclic amines) is 1. The van der Waals surface area contributed by atoms with Crippen molar-refractivity contribution in [3.05, 3.63) is 29.3 Å². The lowest BCUT2D eigenvalue weighted by molar-refractivity contribution is -0.132. The summed E-state index contributed by atoms with van der Waals surface area (Å²) in [5.74, 6) is -0.391. The second-order valence-electron chi connectivity index (χ2n) is 11.1. The largest absolute Gasteiger partial charge is 0.380 e. The van der Waals surface area contributed by atoms with Crippen LogP contribution in [0.2, 0.25) is 5.02 Å². The lowest BCUT2D eigenvalue weighted by Crippen LogP contribution is -2.74. The number of halogens is 1. The van der Waals surface area contributed by atoms with E-state index in [4.69, 9.17) is 16.3 Å². The second kappa shape index (κ2) is 10.8. The molecule has 0 bridgehead atoms. The van der Waals surface area contributed by atoms with Crippen molar-refractivity contribution in [2.45, 2.75) is 76.2 Å². The Bertz CT molecular complexity index is 1030. The first-order valence-corrected chi connectivity index (χ1v) is 13.9. The lowest BCUT2D eigenvalue weighted by Gasteiger charge is -2.57. The number of rotatable bonds is 4. The van der Waals surface area contributed by atoms with Gasteiger partial charge in [-0.15, -0.1) is 0 Å². The summed E-state index contributed by atoms with van der Waals surface area (Å²) in [6, 6.07) is 6.52. The van der Waals surface area contributed by atoms with Gasteiger partial charge in [-0.3, -0.25) is 4.79 Å². The molecule has 0 radical (unpaired) electrons. The number of methoxy groups -OCH3 is 1. The van der Waals surface area contributed by atoms with Gasteiger partial charge in [-0.25, -0.2) is 14.5 Å². The summed E-state index contributed by atoms with van der Waals surface area (Å²) in [4.78, 5) is 45.9. The Labute approximate surface area is 223 Å². The highest BCUT2D eigenvalue weighted by atomic mass is 35.5. The molecule has 5 unspecified atom stereocenters. The molecule has 0 spiro atoms. The molecule has 1 aromatic rings. The zero-order valence-corrected chi connectivity index (χ0v) is 22.6. The van der Waals surface area contributed by atoms with Crippen molar-refractivity contribution in [2.75, 3.05) is 31.6 Å². The summed E-state index contributed by atoms with van der Waals surface area (Å²) >= 11 is 6.25. The number of benzene rings is 1.